The van der Waals surface area contributed by atoms with Crippen LogP contribution >= 0.6 is 0 Å². The van der Waals surface area contributed by atoms with Gasteiger partial charge >= 0.3 is 0 Å². The summed E-state index contributed by atoms with van der Waals surface area (Å²) in [5, 5.41) is 10.8. The van der Waals surface area contributed by atoms with Gasteiger partial charge in [0, 0.05) is 0 Å². The Hall–Kier alpha value is -1.48. The molecule has 1 aliphatic rings. The Kier molecular flexibility index (Phi) is 3.62. The minimum absolute atomic E-state index is 0.499. The van der Waals surface area contributed by atoms with Gasteiger partial charge in [-0.05, 0) is 18.4 Å². The molecule has 0 unspecified atom stereocenters. The standard InChI is InChI=1S/C15H18O3/c16-11-14(12-17,13-7-3-1-4-8-13)15(18)9-5-2-6-10-15/h1,3-4,7-8,11-12,18H,2,5-6,9-10H2. The second-order valence-corrected chi connectivity index (χ2v) is 5.06. The molecule has 3 heteroatoms. The van der Waals surface area contributed by atoms with Crippen LogP contribution in [-0.2, 0) is 15.0 Å². The van der Waals surface area contributed by atoms with E-state index in [0.717, 1.165) is 19.3 Å². The monoisotopic (exact) mass is 246 g/mol. The van der Waals surface area contributed by atoms with Crippen LogP contribution in [0, 0.1) is 0 Å². The number of hydrogen-bond donors (Lipinski definition) is 1. The van der Waals surface area contributed by atoms with Crippen molar-refractivity contribution >= 4 is 12.6 Å². The highest BCUT2D eigenvalue weighted by molar-refractivity contribution is 5.93. The number of carbonyl (C=O) groups is 2. The fourth-order valence-corrected chi connectivity index (χ4v) is 2.92. The Bertz CT molecular complexity index is 411. The predicted molar refractivity (Wildman–Crippen MR) is 68.3 cm³/mol. The van der Waals surface area contributed by atoms with Crippen molar-refractivity contribution in [1.29, 1.82) is 0 Å². The third-order valence-corrected chi connectivity index (χ3v) is 4.07. The topological polar surface area (TPSA) is 54.4 Å². The Morgan fingerprint density at radius 3 is 2.06 bits per heavy atom. The second kappa shape index (κ2) is 5.02. The van der Waals surface area contributed by atoms with Gasteiger partial charge in [0.1, 0.15) is 18.0 Å². The lowest BCUT2D eigenvalue weighted by Crippen LogP contribution is -2.55. The number of carbonyl (C=O) groups excluding carboxylic acids is 2. The van der Waals surface area contributed by atoms with Crippen molar-refractivity contribution in [1.82, 2.24) is 0 Å². The van der Waals surface area contributed by atoms with E-state index in [2.05, 4.69) is 0 Å². The summed E-state index contributed by atoms with van der Waals surface area (Å²) in [6.45, 7) is 0. The molecule has 1 aromatic rings. The summed E-state index contributed by atoms with van der Waals surface area (Å²) in [6, 6.07) is 8.85. The maximum atomic E-state index is 11.6. The van der Waals surface area contributed by atoms with Crippen molar-refractivity contribution in [3.63, 3.8) is 0 Å². The highest BCUT2D eigenvalue weighted by atomic mass is 16.3. The van der Waals surface area contributed by atoms with E-state index in [-0.39, 0.29) is 0 Å². The number of hydrogen-bond acceptors (Lipinski definition) is 3. The second-order valence-electron chi connectivity index (χ2n) is 5.06. The molecular formula is C15H18O3. The van der Waals surface area contributed by atoms with Crippen LogP contribution < -0.4 is 0 Å². The van der Waals surface area contributed by atoms with Gasteiger partial charge in [-0.2, -0.15) is 0 Å². The van der Waals surface area contributed by atoms with Crippen molar-refractivity contribution in [2.75, 3.05) is 0 Å². The summed E-state index contributed by atoms with van der Waals surface area (Å²) >= 11 is 0. The van der Waals surface area contributed by atoms with Gasteiger partial charge in [0.05, 0.1) is 5.60 Å². The summed E-state index contributed by atoms with van der Waals surface area (Å²) in [4.78, 5) is 23.1. The minimum atomic E-state index is -1.42. The van der Waals surface area contributed by atoms with E-state index in [4.69, 9.17) is 0 Å². The SMILES string of the molecule is O=CC(C=O)(c1ccccc1)C1(O)CCCCC1. The third-order valence-electron chi connectivity index (χ3n) is 4.07. The highest BCUT2D eigenvalue weighted by Crippen LogP contribution is 2.42. The fraction of sp³-hybridized carbons (Fsp3) is 0.467. The number of rotatable bonds is 4. The van der Waals surface area contributed by atoms with Crippen LogP contribution in [0.15, 0.2) is 30.3 Å². The molecule has 0 heterocycles. The molecule has 0 saturated heterocycles. The van der Waals surface area contributed by atoms with Crippen LogP contribution in [0.3, 0.4) is 0 Å². The van der Waals surface area contributed by atoms with Crippen LogP contribution in [0.5, 0.6) is 0 Å². The van der Waals surface area contributed by atoms with E-state index in [9.17, 15) is 14.7 Å². The van der Waals surface area contributed by atoms with Gasteiger partial charge in [0.15, 0.2) is 0 Å². The van der Waals surface area contributed by atoms with Crippen LogP contribution in [0.25, 0.3) is 0 Å². The summed E-state index contributed by atoms with van der Waals surface area (Å²) < 4.78 is 0. The number of benzene rings is 1. The fourth-order valence-electron chi connectivity index (χ4n) is 2.92. The van der Waals surface area contributed by atoms with E-state index in [0.29, 0.717) is 31.0 Å². The van der Waals surface area contributed by atoms with Crippen LogP contribution in [0.1, 0.15) is 37.7 Å². The Morgan fingerprint density at radius 2 is 1.56 bits per heavy atom. The quantitative estimate of drug-likeness (QED) is 0.653. The van der Waals surface area contributed by atoms with Crippen LogP contribution in [0.2, 0.25) is 0 Å². The van der Waals surface area contributed by atoms with Crippen LogP contribution in [0.4, 0.5) is 0 Å². The maximum Gasteiger partial charge on any atom is 0.140 e. The Labute approximate surface area is 107 Å². The Balaban J connectivity index is 2.50. The largest absolute Gasteiger partial charge is 0.388 e. The minimum Gasteiger partial charge on any atom is -0.388 e. The highest BCUT2D eigenvalue weighted by Gasteiger charge is 2.52. The molecule has 0 spiro atoms. The molecule has 0 radical (unpaired) electrons. The van der Waals surface area contributed by atoms with Crippen molar-refractivity contribution in [2.24, 2.45) is 0 Å². The van der Waals surface area contributed by atoms with Gasteiger partial charge < -0.3 is 14.7 Å². The molecule has 1 saturated carbocycles. The molecule has 1 aliphatic carbocycles. The van der Waals surface area contributed by atoms with Gasteiger partial charge in [-0.25, -0.2) is 0 Å². The molecule has 0 aromatic heterocycles. The molecule has 0 aliphatic heterocycles. The molecule has 18 heavy (non-hydrogen) atoms. The summed E-state index contributed by atoms with van der Waals surface area (Å²) in [6.07, 6.45) is 4.98. The van der Waals surface area contributed by atoms with Gasteiger partial charge in [-0.3, -0.25) is 0 Å². The number of aliphatic hydroxyl groups is 1. The molecule has 1 N–H and O–H groups in total. The van der Waals surface area contributed by atoms with Gasteiger partial charge in [-0.1, -0.05) is 49.6 Å². The molecule has 0 atom stereocenters. The maximum absolute atomic E-state index is 11.6. The molecular weight excluding hydrogens is 228 g/mol. The summed E-state index contributed by atoms with van der Waals surface area (Å²) in [7, 11) is 0. The lowest BCUT2D eigenvalue weighted by molar-refractivity contribution is -0.138. The summed E-state index contributed by atoms with van der Waals surface area (Å²) in [5.74, 6) is 0. The van der Waals surface area contributed by atoms with Gasteiger partial charge in [0.25, 0.3) is 0 Å². The first kappa shape index (κ1) is 13.0. The summed E-state index contributed by atoms with van der Waals surface area (Å²) in [5.41, 5.74) is -2.08. The molecule has 2 rings (SSSR count). The average Bonchev–Trinajstić information content (AvgIpc) is 2.42. The Morgan fingerprint density at radius 1 is 1.00 bits per heavy atom. The lowest BCUT2D eigenvalue weighted by atomic mass is 9.63. The van der Waals surface area contributed by atoms with Crippen LogP contribution in [-0.4, -0.2) is 23.3 Å². The third kappa shape index (κ3) is 1.89. The van der Waals surface area contributed by atoms with Crippen molar-refractivity contribution in [3.05, 3.63) is 35.9 Å². The first-order valence-corrected chi connectivity index (χ1v) is 6.39. The lowest BCUT2D eigenvalue weighted by Gasteiger charge is -2.43. The van der Waals surface area contributed by atoms with Gasteiger partial charge in [-0.15, -0.1) is 0 Å². The average molecular weight is 246 g/mol. The van der Waals surface area contributed by atoms with Crippen molar-refractivity contribution in [2.45, 2.75) is 43.1 Å². The van der Waals surface area contributed by atoms with E-state index >= 15 is 0 Å². The van der Waals surface area contributed by atoms with Gasteiger partial charge in [0.2, 0.25) is 0 Å². The van der Waals surface area contributed by atoms with E-state index in [1.165, 1.54) is 0 Å². The molecule has 0 amide bonds. The van der Waals surface area contributed by atoms with E-state index < -0.39 is 11.0 Å². The van der Waals surface area contributed by atoms with E-state index in [1.54, 1.807) is 24.3 Å². The molecule has 96 valence electrons. The first-order chi connectivity index (χ1) is 8.68. The smallest absolute Gasteiger partial charge is 0.140 e. The zero-order chi connectivity index (χ0) is 13.1. The zero-order valence-electron chi connectivity index (χ0n) is 10.3. The normalized spacial score (nSPS) is 19.2. The molecule has 0 bridgehead atoms. The zero-order valence-corrected chi connectivity index (χ0v) is 10.3. The number of aldehydes is 2. The first-order valence-electron chi connectivity index (χ1n) is 6.39. The van der Waals surface area contributed by atoms with Crippen molar-refractivity contribution in [3.8, 4) is 0 Å². The molecule has 1 fully saturated rings. The van der Waals surface area contributed by atoms with E-state index in [1.807, 2.05) is 6.07 Å². The van der Waals surface area contributed by atoms with Crippen molar-refractivity contribution < 1.29 is 14.7 Å². The molecule has 1 aromatic carbocycles. The predicted octanol–water partition coefficient (Wildman–Crippen LogP) is 2.02. The molecule has 3 nitrogen and oxygen atoms in total.